The summed E-state index contributed by atoms with van der Waals surface area (Å²) < 4.78 is 0. The van der Waals surface area contributed by atoms with Crippen LogP contribution in [0.1, 0.15) is 63.8 Å². The predicted molar refractivity (Wildman–Crippen MR) is 148 cm³/mol. The monoisotopic (exact) mass is 442 g/mol. The average Bonchev–Trinajstić information content (AvgIpc) is 3.38. The molecule has 0 aromatic heterocycles. The van der Waals surface area contributed by atoms with Gasteiger partial charge in [-0.2, -0.15) is 0 Å². The number of fused-ring (bicyclic) bond motifs is 6. The molecule has 0 spiro atoms. The van der Waals surface area contributed by atoms with E-state index in [1.807, 2.05) is 0 Å². The van der Waals surface area contributed by atoms with Crippen molar-refractivity contribution in [2.45, 2.75) is 54.4 Å². The molecular weight excluding hydrogens is 408 g/mol. The van der Waals surface area contributed by atoms with Crippen molar-refractivity contribution in [3.63, 3.8) is 0 Å². The number of rotatable bonds is 1. The van der Waals surface area contributed by atoms with Crippen LogP contribution in [0.25, 0.3) is 32.7 Å². The van der Waals surface area contributed by atoms with Gasteiger partial charge in [0.15, 0.2) is 0 Å². The van der Waals surface area contributed by atoms with Crippen LogP contribution >= 0.6 is 0 Å². The minimum Gasteiger partial charge on any atom is -0.0616 e. The first kappa shape index (κ1) is 21.4. The Morgan fingerprint density at radius 3 is 1.24 bits per heavy atom. The van der Waals surface area contributed by atoms with Gasteiger partial charge in [-0.3, -0.25) is 0 Å². The highest BCUT2D eigenvalue weighted by molar-refractivity contribution is 6.20. The molecule has 4 aromatic carbocycles. The lowest BCUT2D eigenvalue weighted by Crippen LogP contribution is -2.13. The third-order valence-corrected chi connectivity index (χ3v) is 7.93. The van der Waals surface area contributed by atoms with Crippen molar-refractivity contribution < 1.29 is 0 Å². The fourth-order valence-corrected chi connectivity index (χ4v) is 6.21. The minimum absolute atomic E-state index is 0.0960. The molecule has 34 heavy (non-hydrogen) atoms. The highest BCUT2D eigenvalue weighted by Crippen LogP contribution is 2.56. The van der Waals surface area contributed by atoms with E-state index in [0.717, 1.165) is 12.8 Å². The zero-order valence-electron chi connectivity index (χ0n) is 21.3. The van der Waals surface area contributed by atoms with E-state index in [4.69, 9.17) is 0 Å². The lowest BCUT2D eigenvalue weighted by Gasteiger charge is -2.28. The summed E-state index contributed by atoms with van der Waals surface area (Å²) in [6.07, 6.45) is 2.08. The molecule has 0 aliphatic heterocycles. The summed E-state index contributed by atoms with van der Waals surface area (Å²) in [5.74, 6) is 0. The maximum atomic E-state index is 2.40. The van der Waals surface area contributed by atoms with Crippen LogP contribution < -0.4 is 0 Å². The number of hydrogen-bond donors (Lipinski definition) is 0. The predicted octanol–water partition coefficient (Wildman–Crippen LogP) is 9.40. The van der Waals surface area contributed by atoms with Crippen molar-refractivity contribution in [2.75, 3.05) is 0 Å². The Hall–Kier alpha value is -3.12. The molecule has 0 heterocycles. The van der Waals surface area contributed by atoms with Gasteiger partial charge in [0, 0.05) is 0 Å². The first-order chi connectivity index (χ1) is 16.1. The number of allylic oxidation sites excluding steroid dienone is 4. The van der Waals surface area contributed by atoms with Gasteiger partial charge in [0.05, 0.1) is 0 Å². The number of benzene rings is 4. The van der Waals surface area contributed by atoms with Crippen molar-refractivity contribution in [3.8, 4) is 0 Å². The van der Waals surface area contributed by atoms with Gasteiger partial charge in [0.1, 0.15) is 0 Å². The Labute approximate surface area is 204 Å². The summed E-state index contributed by atoms with van der Waals surface area (Å²) in [6, 6.07) is 27.3. The quantitative estimate of drug-likeness (QED) is 0.275. The number of hydrogen-bond acceptors (Lipinski definition) is 0. The molecule has 0 fully saturated rings. The Morgan fingerprint density at radius 1 is 0.471 bits per heavy atom. The van der Waals surface area contributed by atoms with Crippen LogP contribution in [-0.2, 0) is 12.8 Å². The van der Waals surface area contributed by atoms with Gasteiger partial charge in [0.2, 0.25) is 0 Å². The van der Waals surface area contributed by atoms with Gasteiger partial charge >= 0.3 is 0 Å². The maximum absolute atomic E-state index is 2.40. The summed E-state index contributed by atoms with van der Waals surface area (Å²) in [5, 5.41) is 5.46. The second-order valence-corrected chi connectivity index (χ2v) is 12.2. The molecule has 0 nitrogen and oxygen atoms in total. The van der Waals surface area contributed by atoms with Crippen molar-refractivity contribution in [1.82, 2.24) is 0 Å². The molecular formula is C34H34. The fraction of sp³-hybridized carbons (Fsp3) is 0.294. The highest BCUT2D eigenvalue weighted by Gasteiger charge is 2.38. The summed E-state index contributed by atoms with van der Waals surface area (Å²) in [4.78, 5) is 0. The normalized spacial score (nSPS) is 16.1. The first-order valence-electron chi connectivity index (χ1n) is 12.6. The smallest absolute Gasteiger partial charge is 0.00460 e. The van der Waals surface area contributed by atoms with Crippen molar-refractivity contribution in [3.05, 3.63) is 106 Å². The second kappa shape index (κ2) is 7.19. The Morgan fingerprint density at radius 2 is 0.853 bits per heavy atom. The zero-order valence-corrected chi connectivity index (χ0v) is 21.3. The zero-order chi connectivity index (χ0) is 23.8. The Kier molecular flexibility index (Phi) is 4.53. The largest absolute Gasteiger partial charge is 0.0616 e. The van der Waals surface area contributed by atoms with E-state index in [1.54, 1.807) is 11.1 Å². The molecule has 4 aromatic rings. The average molecular weight is 443 g/mol. The fourth-order valence-electron chi connectivity index (χ4n) is 6.21. The molecule has 0 unspecified atom stereocenters. The third-order valence-electron chi connectivity index (χ3n) is 7.93. The van der Waals surface area contributed by atoms with Crippen LogP contribution in [0.5, 0.6) is 0 Å². The molecule has 0 atom stereocenters. The second-order valence-electron chi connectivity index (χ2n) is 12.2. The molecule has 170 valence electrons. The van der Waals surface area contributed by atoms with Gasteiger partial charge in [0.25, 0.3) is 0 Å². The summed E-state index contributed by atoms with van der Waals surface area (Å²) in [6.45, 7) is 14.4. The van der Waals surface area contributed by atoms with Crippen molar-refractivity contribution in [2.24, 2.45) is 10.8 Å². The summed E-state index contributed by atoms with van der Waals surface area (Å²) in [7, 11) is 0. The van der Waals surface area contributed by atoms with Crippen LogP contribution in [0.4, 0.5) is 0 Å². The molecule has 0 amide bonds. The minimum atomic E-state index is 0.0960. The van der Waals surface area contributed by atoms with Crippen LogP contribution in [0.3, 0.4) is 0 Å². The highest BCUT2D eigenvalue weighted by atomic mass is 14.4. The molecule has 0 bridgehead atoms. The van der Waals surface area contributed by atoms with Crippen LogP contribution in [0, 0.1) is 10.8 Å². The van der Waals surface area contributed by atoms with Crippen molar-refractivity contribution in [1.29, 1.82) is 0 Å². The van der Waals surface area contributed by atoms with Gasteiger partial charge in [-0.05, 0) is 78.6 Å². The van der Waals surface area contributed by atoms with Crippen LogP contribution in [0.15, 0.2) is 83.9 Å². The molecule has 0 N–H and O–H groups in total. The molecule has 0 heteroatoms. The van der Waals surface area contributed by atoms with Gasteiger partial charge < -0.3 is 0 Å². The van der Waals surface area contributed by atoms with E-state index in [-0.39, 0.29) is 10.8 Å². The standard InChI is InChI=1S/C34H34/c1-33(2,3)27-19-23-17-15-21-11-7-9-13-25(21)29(23)31(27)32-28(34(4,5)6)20-24-18-16-22-12-8-10-14-26(22)30(24)32/h7-18H,19-20H2,1-6H3. The first-order valence-corrected chi connectivity index (χ1v) is 12.6. The van der Waals surface area contributed by atoms with Crippen LogP contribution in [0.2, 0.25) is 0 Å². The molecule has 0 radical (unpaired) electrons. The lowest BCUT2D eigenvalue weighted by molar-refractivity contribution is 0.493. The molecule has 6 rings (SSSR count). The third kappa shape index (κ3) is 3.12. The maximum Gasteiger partial charge on any atom is -0.00460 e. The summed E-state index contributed by atoms with van der Waals surface area (Å²) in [5.41, 5.74) is 12.3. The van der Waals surface area contributed by atoms with E-state index in [9.17, 15) is 0 Å². The van der Waals surface area contributed by atoms with Crippen LogP contribution in [-0.4, -0.2) is 0 Å². The lowest BCUT2D eigenvalue weighted by atomic mass is 9.76. The molecule has 0 saturated heterocycles. The van der Waals surface area contributed by atoms with Gasteiger partial charge in [-0.25, -0.2) is 0 Å². The van der Waals surface area contributed by atoms with E-state index in [1.165, 1.54) is 54.9 Å². The topological polar surface area (TPSA) is 0 Å². The molecule has 2 aliphatic carbocycles. The van der Waals surface area contributed by atoms with Crippen molar-refractivity contribution >= 4 is 32.7 Å². The van der Waals surface area contributed by atoms with Gasteiger partial charge in [-0.1, -0.05) is 125 Å². The van der Waals surface area contributed by atoms with E-state index in [0.29, 0.717) is 0 Å². The summed E-state index contributed by atoms with van der Waals surface area (Å²) >= 11 is 0. The Balaban J connectivity index is 1.79. The van der Waals surface area contributed by atoms with Gasteiger partial charge in [-0.15, -0.1) is 0 Å². The molecule has 2 aliphatic rings. The van der Waals surface area contributed by atoms with E-state index < -0.39 is 0 Å². The molecule has 0 saturated carbocycles. The SMILES string of the molecule is CC(C)(C)C1=C(C2=C(C(C)(C)C)Cc3ccc4ccccc4c32)c2c(ccc3ccccc23)C1. The van der Waals surface area contributed by atoms with E-state index >= 15 is 0 Å². The van der Waals surface area contributed by atoms with E-state index in [2.05, 4.69) is 114 Å². The Bertz CT molecular complexity index is 1420.